The summed E-state index contributed by atoms with van der Waals surface area (Å²) in [6, 6.07) is 5.32. The smallest absolute Gasteiger partial charge is 0.127 e. The third-order valence-corrected chi connectivity index (χ3v) is 3.48. The normalized spacial score (nSPS) is 13.6. The van der Waals surface area contributed by atoms with Crippen LogP contribution in [0, 0.1) is 0 Å². The summed E-state index contributed by atoms with van der Waals surface area (Å²) in [6.07, 6.45) is 5.34. The molecule has 0 radical (unpaired) electrons. The van der Waals surface area contributed by atoms with Gasteiger partial charge in [-0.3, -0.25) is 0 Å². The Hall–Kier alpha value is -2.16. The SMILES string of the molecule is COc1ccc2c(O)c3c(c(O)c2c1)CC=CC3. The van der Waals surface area contributed by atoms with E-state index in [1.807, 2.05) is 12.2 Å². The topological polar surface area (TPSA) is 49.7 Å². The van der Waals surface area contributed by atoms with E-state index in [-0.39, 0.29) is 11.5 Å². The lowest BCUT2D eigenvalue weighted by molar-refractivity contribution is 0.414. The number of aromatic hydroxyl groups is 2. The summed E-state index contributed by atoms with van der Waals surface area (Å²) in [5.74, 6) is 1.19. The maximum Gasteiger partial charge on any atom is 0.127 e. The van der Waals surface area contributed by atoms with Crippen LogP contribution in [0.5, 0.6) is 17.2 Å². The molecule has 2 aromatic rings. The first-order valence-electron chi connectivity index (χ1n) is 5.90. The minimum Gasteiger partial charge on any atom is -0.507 e. The van der Waals surface area contributed by atoms with Crippen molar-refractivity contribution in [2.45, 2.75) is 12.8 Å². The van der Waals surface area contributed by atoms with Gasteiger partial charge in [-0.1, -0.05) is 12.2 Å². The van der Waals surface area contributed by atoms with Gasteiger partial charge in [-0.25, -0.2) is 0 Å². The molecule has 2 N–H and O–H groups in total. The van der Waals surface area contributed by atoms with Crippen molar-refractivity contribution in [2.75, 3.05) is 7.11 Å². The minimum atomic E-state index is 0.251. The number of allylic oxidation sites excluding steroid dienone is 2. The van der Waals surface area contributed by atoms with E-state index >= 15 is 0 Å². The molecule has 0 spiro atoms. The lowest BCUT2D eigenvalue weighted by Crippen LogP contribution is -1.99. The second-order valence-corrected chi connectivity index (χ2v) is 4.45. The Balaban J connectivity index is 2.38. The van der Waals surface area contributed by atoms with Gasteiger partial charge in [0.1, 0.15) is 17.2 Å². The van der Waals surface area contributed by atoms with Crippen LogP contribution in [0.15, 0.2) is 30.4 Å². The molecule has 0 saturated carbocycles. The zero-order chi connectivity index (χ0) is 12.7. The lowest BCUT2D eigenvalue weighted by Gasteiger charge is -2.17. The molecular formula is C15H14O3. The van der Waals surface area contributed by atoms with E-state index in [4.69, 9.17) is 4.74 Å². The van der Waals surface area contributed by atoms with Gasteiger partial charge in [0.2, 0.25) is 0 Å². The number of benzene rings is 2. The van der Waals surface area contributed by atoms with Gasteiger partial charge >= 0.3 is 0 Å². The zero-order valence-electron chi connectivity index (χ0n) is 10.1. The molecule has 0 aliphatic heterocycles. The fourth-order valence-corrected chi connectivity index (χ4v) is 2.51. The van der Waals surface area contributed by atoms with Crippen LogP contribution in [0.2, 0.25) is 0 Å². The van der Waals surface area contributed by atoms with E-state index in [0.29, 0.717) is 29.4 Å². The van der Waals surface area contributed by atoms with Crippen LogP contribution in [0.25, 0.3) is 10.8 Å². The molecule has 0 aromatic heterocycles. The number of phenols is 2. The van der Waals surface area contributed by atoms with Gasteiger partial charge in [-0.05, 0) is 31.0 Å². The monoisotopic (exact) mass is 242 g/mol. The van der Waals surface area contributed by atoms with Gasteiger partial charge in [0.25, 0.3) is 0 Å². The van der Waals surface area contributed by atoms with Gasteiger partial charge < -0.3 is 14.9 Å². The third kappa shape index (κ3) is 1.44. The molecule has 3 rings (SSSR count). The summed E-state index contributed by atoms with van der Waals surface area (Å²) in [5, 5.41) is 21.9. The van der Waals surface area contributed by atoms with E-state index in [2.05, 4.69) is 0 Å². The average molecular weight is 242 g/mol. The van der Waals surface area contributed by atoms with Crippen molar-refractivity contribution in [1.29, 1.82) is 0 Å². The molecule has 3 heteroatoms. The molecule has 0 fully saturated rings. The molecule has 0 bridgehead atoms. The number of hydrogen-bond donors (Lipinski definition) is 2. The summed E-state index contributed by atoms with van der Waals surface area (Å²) in [5.41, 5.74) is 1.64. The Labute approximate surface area is 105 Å². The van der Waals surface area contributed by atoms with Gasteiger partial charge in [0, 0.05) is 21.9 Å². The van der Waals surface area contributed by atoms with Crippen molar-refractivity contribution in [3.8, 4) is 17.2 Å². The summed E-state index contributed by atoms with van der Waals surface area (Å²) in [4.78, 5) is 0. The van der Waals surface area contributed by atoms with Crippen LogP contribution in [0.1, 0.15) is 11.1 Å². The first kappa shape index (κ1) is 11.0. The molecule has 0 saturated heterocycles. The second kappa shape index (κ2) is 3.95. The molecule has 0 heterocycles. The summed E-state index contributed by atoms with van der Waals surface area (Å²) in [6.45, 7) is 0. The van der Waals surface area contributed by atoms with Gasteiger partial charge in [-0.15, -0.1) is 0 Å². The predicted molar refractivity (Wildman–Crippen MR) is 70.4 cm³/mol. The van der Waals surface area contributed by atoms with Crippen molar-refractivity contribution < 1.29 is 14.9 Å². The number of ether oxygens (including phenoxy) is 1. The molecule has 2 aromatic carbocycles. The van der Waals surface area contributed by atoms with E-state index in [1.54, 1.807) is 25.3 Å². The summed E-state index contributed by atoms with van der Waals surface area (Å²) < 4.78 is 5.15. The first-order chi connectivity index (χ1) is 8.72. The Kier molecular flexibility index (Phi) is 2.40. The van der Waals surface area contributed by atoms with Crippen molar-refractivity contribution in [3.05, 3.63) is 41.5 Å². The van der Waals surface area contributed by atoms with Crippen LogP contribution < -0.4 is 4.74 Å². The fraction of sp³-hybridized carbons (Fsp3) is 0.200. The maximum atomic E-state index is 10.3. The number of phenolic OH excluding ortho intramolecular Hbond substituents is 2. The Morgan fingerprint density at radius 2 is 1.56 bits per heavy atom. The highest BCUT2D eigenvalue weighted by molar-refractivity contribution is 5.96. The molecule has 3 nitrogen and oxygen atoms in total. The van der Waals surface area contributed by atoms with E-state index in [9.17, 15) is 10.2 Å². The highest BCUT2D eigenvalue weighted by Crippen LogP contribution is 2.42. The quantitative estimate of drug-likeness (QED) is 0.597. The van der Waals surface area contributed by atoms with Crippen molar-refractivity contribution >= 4 is 10.8 Å². The molecule has 18 heavy (non-hydrogen) atoms. The molecular weight excluding hydrogens is 228 g/mol. The van der Waals surface area contributed by atoms with Gasteiger partial charge in [0.05, 0.1) is 7.11 Å². The fourth-order valence-electron chi connectivity index (χ4n) is 2.51. The van der Waals surface area contributed by atoms with E-state index < -0.39 is 0 Å². The van der Waals surface area contributed by atoms with E-state index in [1.165, 1.54) is 0 Å². The van der Waals surface area contributed by atoms with Crippen LogP contribution in [0.4, 0.5) is 0 Å². The largest absolute Gasteiger partial charge is 0.507 e. The Bertz CT molecular complexity index is 657. The molecule has 92 valence electrons. The van der Waals surface area contributed by atoms with Crippen LogP contribution in [0.3, 0.4) is 0 Å². The van der Waals surface area contributed by atoms with Crippen LogP contribution in [-0.4, -0.2) is 17.3 Å². The number of hydrogen-bond acceptors (Lipinski definition) is 3. The van der Waals surface area contributed by atoms with Crippen molar-refractivity contribution in [3.63, 3.8) is 0 Å². The first-order valence-corrected chi connectivity index (χ1v) is 5.90. The van der Waals surface area contributed by atoms with Crippen molar-refractivity contribution in [1.82, 2.24) is 0 Å². The van der Waals surface area contributed by atoms with Crippen LogP contribution in [-0.2, 0) is 12.8 Å². The maximum absolute atomic E-state index is 10.3. The average Bonchev–Trinajstić information content (AvgIpc) is 2.44. The van der Waals surface area contributed by atoms with Crippen LogP contribution >= 0.6 is 0 Å². The summed E-state index contributed by atoms with van der Waals surface area (Å²) in [7, 11) is 1.58. The van der Waals surface area contributed by atoms with Gasteiger partial charge in [-0.2, -0.15) is 0 Å². The molecule has 0 unspecified atom stereocenters. The standard InChI is InChI=1S/C15H14O3/c1-18-9-6-7-12-13(8-9)15(17)11-5-3-2-4-10(11)14(12)16/h2-3,6-8,16-17H,4-5H2,1H3. The lowest BCUT2D eigenvalue weighted by atomic mass is 9.91. The van der Waals surface area contributed by atoms with E-state index in [0.717, 1.165) is 11.1 Å². The Morgan fingerprint density at radius 3 is 2.17 bits per heavy atom. The number of rotatable bonds is 1. The zero-order valence-corrected chi connectivity index (χ0v) is 10.1. The van der Waals surface area contributed by atoms with Crippen molar-refractivity contribution in [2.24, 2.45) is 0 Å². The number of fused-ring (bicyclic) bond motifs is 2. The minimum absolute atomic E-state index is 0.251. The molecule has 1 aliphatic carbocycles. The highest BCUT2D eigenvalue weighted by Gasteiger charge is 2.19. The molecule has 0 amide bonds. The predicted octanol–water partition coefficient (Wildman–Crippen LogP) is 2.91. The third-order valence-electron chi connectivity index (χ3n) is 3.48. The summed E-state index contributed by atoms with van der Waals surface area (Å²) >= 11 is 0. The highest BCUT2D eigenvalue weighted by atomic mass is 16.5. The second-order valence-electron chi connectivity index (χ2n) is 4.45. The number of methoxy groups -OCH3 is 1. The van der Waals surface area contributed by atoms with Gasteiger partial charge in [0.15, 0.2) is 0 Å². The molecule has 0 atom stereocenters. The molecule has 1 aliphatic rings. The Morgan fingerprint density at radius 1 is 0.944 bits per heavy atom.